The summed E-state index contributed by atoms with van der Waals surface area (Å²) >= 11 is 6.91. The highest BCUT2D eigenvalue weighted by Gasteiger charge is 2.12. The fraction of sp³-hybridized carbons (Fsp3) is 0. The van der Waals surface area contributed by atoms with Gasteiger partial charge in [0.1, 0.15) is 0 Å². The van der Waals surface area contributed by atoms with Crippen molar-refractivity contribution in [3.05, 3.63) is 67.9 Å². The van der Waals surface area contributed by atoms with Crippen molar-refractivity contribution in [3.8, 4) is 11.3 Å². The van der Waals surface area contributed by atoms with Crippen molar-refractivity contribution in [3.63, 3.8) is 0 Å². The van der Waals surface area contributed by atoms with Crippen LogP contribution in [0.25, 0.3) is 22.1 Å². The van der Waals surface area contributed by atoms with Gasteiger partial charge in [-0.2, -0.15) is 0 Å². The van der Waals surface area contributed by atoms with Crippen molar-refractivity contribution >= 4 is 42.6 Å². The Morgan fingerprint density at radius 2 is 1.47 bits per heavy atom. The van der Waals surface area contributed by atoms with Crippen LogP contribution in [0, 0.1) is 0 Å². The number of hydrogen-bond acceptors (Lipinski definition) is 2. The summed E-state index contributed by atoms with van der Waals surface area (Å²) in [7, 11) is 0. The molecule has 4 heteroatoms. The molecule has 1 aromatic heterocycles. The number of benzene rings is 2. The third kappa shape index (κ3) is 2.26. The van der Waals surface area contributed by atoms with Gasteiger partial charge < -0.3 is 4.42 Å². The molecule has 0 spiro atoms. The second kappa shape index (κ2) is 4.94. The molecule has 0 aliphatic rings. The highest BCUT2D eigenvalue weighted by atomic mass is 79.9. The lowest BCUT2D eigenvalue weighted by molar-refractivity contribution is 0.532. The Balaban J connectivity index is 2.33. The highest BCUT2D eigenvalue weighted by molar-refractivity contribution is 9.11. The molecule has 0 N–H and O–H groups in total. The van der Waals surface area contributed by atoms with E-state index in [1.165, 1.54) is 0 Å². The van der Waals surface area contributed by atoms with Crippen LogP contribution in [0.2, 0.25) is 0 Å². The first kappa shape index (κ1) is 12.6. The molecule has 2 aromatic carbocycles. The van der Waals surface area contributed by atoms with Crippen molar-refractivity contribution in [2.24, 2.45) is 0 Å². The van der Waals surface area contributed by atoms with Crippen LogP contribution in [0.3, 0.4) is 0 Å². The maximum atomic E-state index is 12.0. The highest BCUT2D eigenvalue weighted by Crippen LogP contribution is 2.33. The van der Waals surface area contributed by atoms with Gasteiger partial charge in [0.25, 0.3) is 0 Å². The van der Waals surface area contributed by atoms with E-state index in [2.05, 4.69) is 31.9 Å². The smallest absolute Gasteiger partial charge is 0.344 e. The van der Waals surface area contributed by atoms with E-state index in [1.807, 2.05) is 42.5 Å². The topological polar surface area (TPSA) is 30.2 Å². The van der Waals surface area contributed by atoms with E-state index in [0.29, 0.717) is 11.1 Å². The Bertz CT molecular complexity index is 804. The first-order valence-electron chi connectivity index (χ1n) is 5.64. The predicted octanol–water partition coefficient (Wildman–Crippen LogP) is 4.99. The Hall–Kier alpha value is -1.39. The van der Waals surface area contributed by atoms with Crippen LogP contribution in [-0.2, 0) is 0 Å². The second-order valence-electron chi connectivity index (χ2n) is 4.09. The normalized spacial score (nSPS) is 10.8. The van der Waals surface area contributed by atoms with Gasteiger partial charge in [0.05, 0.1) is 9.86 Å². The Morgan fingerprint density at radius 1 is 0.842 bits per heavy atom. The zero-order valence-corrected chi connectivity index (χ0v) is 12.9. The van der Waals surface area contributed by atoms with Crippen LogP contribution in [0.1, 0.15) is 0 Å². The fourth-order valence-electron chi connectivity index (χ4n) is 1.95. The average molecular weight is 380 g/mol. The standard InChI is InChI=1S/C15H8Br2O2/c16-10-7-5-9(6-8-10)14-13(17)11-3-1-2-4-12(11)15(18)19-14/h1-8H. The third-order valence-corrected chi connectivity index (χ3v) is 4.20. The molecule has 3 rings (SSSR count). The summed E-state index contributed by atoms with van der Waals surface area (Å²) in [6.07, 6.45) is 0. The SMILES string of the molecule is O=c1oc(-c2ccc(Br)cc2)c(Br)c2ccccc12. The van der Waals surface area contributed by atoms with Crippen molar-refractivity contribution in [1.82, 2.24) is 0 Å². The lowest BCUT2D eigenvalue weighted by Gasteiger charge is -2.06. The van der Waals surface area contributed by atoms with E-state index in [0.717, 1.165) is 19.9 Å². The molecule has 0 aliphatic carbocycles. The summed E-state index contributed by atoms with van der Waals surface area (Å²) in [5.74, 6) is 0.552. The van der Waals surface area contributed by atoms with Crippen molar-refractivity contribution in [1.29, 1.82) is 0 Å². The van der Waals surface area contributed by atoms with E-state index < -0.39 is 0 Å². The minimum Gasteiger partial charge on any atom is -0.421 e. The zero-order chi connectivity index (χ0) is 13.4. The summed E-state index contributed by atoms with van der Waals surface area (Å²) in [5, 5.41) is 1.44. The molecule has 0 saturated heterocycles. The van der Waals surface area contributed by atoms with Crippen molar-refractivity contribution in [2.75, 3.05) is 0 Å². The summed E-state index contributed by atoms with van der Waals surface area (Å²) in [6, 6.07) is 15.0. The monoisotopic (exact) mass is 378 g/mol. The summed E-state index contributed by atoms with van der Waals surface area (Å²) < 4.78 is 7.21. The Morgan fingerprint density at radius 3 is 2.16 bits per heavy atom. The van der Waals surface area contributed by atoms with Gasteiger partial charge in [-0.15, -0.1) is 0 Å². The number of halogens is 2. The predicted molar refractivity (Wildman–Crippen MR) is 83.3 cm³/mol. The number of hydrogen-bond donors (Lipinski definition) is 0. The summed E-state index contributed by atoms with van der Waals surface area (Å²) in [4.78, 5) is 12.0. The molecule has 2 nitrogen and oxygen atoms in total. The van der Waals surface area contributed by atoms with Gasteiger partial charge >= 0.3 is 5.63 Å². The first-order chi connectivity index (χ1) is 9.16. The van der Waals surface area contributed by atoms with Crippen molar-refractivity contribution in [2.45, 2.75) is 0 Å². The molecule has 0 aliphatic heterocycles. The van der Waals surface area contributed by atoms with E-state index in [1.54, 1.807) is 6.07 Å². The lowest BCUT2D eigenvalue weighted by atomic mass is 10.1. The van der Waals surface area contributed by atoms with Gasteiger partial charge in [-0.3, -0.25) is 0 Å². The fourth-order valence-corrected chi connectivity index (χ4v) is 2.87. The quantitative estimate of drug-likeness (QED) is 0.596. The molecule has 0 amide bonds. The van der Waals surface area contributed by atoms with Gasteiger partial charge in [0.15, 0.2) is 5.76 Å². The van der Waals surface area contributed by atoms with Gasteiger partial charge in [0.2, 0.25) is 0 Å². The summed E-state index contributed by atoms with van der Waals surface area (Å²) in [6.45, 7) is 0. The molecule has 0 saturated carbocycles. The van der Waals surface area contributed by atoms with Crippen LogP contribution in [0.5, 0.6) is 0 Å². The van der Waals surface area contributed by atoms with Crippen LogP contribution in [0.15, 0.2) is 66.7 Å². The molecule has 1 heterocycles. The van der Waals surface area contributed by atoms with Gasteiger partial charge in [-0.25, -0.2) is 4.79 Å². The largest absolute Gasteiger partial charge is 0.421 e. The van der Waals surface area contributed by atoms with Crippen LogP contribution in [0.4, 0.5) is 0 Å². The molecular weight excluding hydrogens is 372 g/mol. The molecular formula is C15H8Br2O2. The molecule has 19 heavy (non-hydrogen) atoms. The minimum atomic E-state index is -0.322. The van der Waals surface area contributed by atoms with Crippen LogP contribution in [-0.4, -0.2) is 0 Å². The Kier molecular flexibility index (Phi) is 3.29. The average Bonchev–Trinajstić information content (AvgIpc) is 2.44. The number of fused-ring (bicyclic) bond motifs is 1. The number of rotatable bonds is 1. The van der Waals surface area contributed by atoms with Crippen molar-refractivity contribution < 1.29 is 4.42 Å². The maximum absolute atomic E-state index is 12.0. The first-order valence-corrected chi connectivity index (χ1v) is 7.23. The van der Waals surface area contributed by atoms with Crippen LogP contribution < -0.4 is 5.63 Å². The zero-order valence-electron chi connectivity index (χ0n) is 9.69. The van der Waals surface area contributed by atoms with E-state index >= 15 is 0 Å². The molecule has 0 unspecified atom stereocenters. The molecule has 94 valence electrons. The summed E-state index contributed by atoms with van der Waals surface area (Å²) in [5.41, 5.74) is 0.537. The second-order valence-corrected chi connectivity index (χ2v) is 5.79. The van der Waals surface area contributed by atoms with E-state index in [-0.39, 0.29) is 5.63 Å². The van der Waals surface area contributed by atoms with Crippen LogP contribution >= 0.6 is 31.9 Å². The lowest BCUT2D eigenvalue weighted by Crippen LogP contribution is -2.01. The van der Waals surface area contributed by atoms with Gasteiger partial charge in [-0.1, -0.05) is 46.3 Å². The maximum Gasteiger partial charge on any atom is 0.344 e. The molecule has 0 fully saturated rings. The molecule has 0 radical (unpaired) electrons. The Labute approximate surface area is 126 Å². The van der Waals surface area contributed by atoms with E-state index in [4.69, 9.17) is 4.42 Å². The third-order valence-electron chi connectivity index (χ3n) is 2.88. The minimum absolute atomic E-state index is 0.322. The van der Waals surface area contributed by atoms with E-state index in [9.17, 15) is 4.79 Å². The molecule has 3 aromatic rings. The molecule has 0 atom stereocenters. The molecule has 0 bridgehead atoms. The van der Waals surface area contributed by atoms with Gasteiger partial charge in [0, 0.05) is 15.4 Å². The van der Waals surface area contributed by atoms with Gasteiger partial charge in [-0.05, 0) is 34.1 Å².